The predicted octanol–water partition coefficient (Wildman–Crippen LogP) is 2.61. The van der Waals surface area contributed by atoms with Crippen LogP contribution in [0.25, 0.3) is 0 Å². The van der Waals surface area contributed by atoms with Crippen molar-refractivity contribution in [3.8, 4) is 17.2 Å². The lowest BCUT2D eigenvalue weighted by atomic mass is 10.1. The molecule has 0 bridgehead atoms. The van der Waals surface area contributed by atoms with Gasteiger partial charge in [0.15, 0.2) is 17.6 Å². The van der Waals surface area contributed by atoms with Crippen LogP contribution < -0.4 is 14.8 Å². The molecule has 2 aromatic rings. The highest BCUT2D eigenvalue weighted by molar-refractivity contribution is 5.98. The van der Waals surface area contributed by atoms with Gasteiger partial charge in [0.2, 0.25) is 6.79 Å². The summed E-state index contributed by atoms with van der Waals surface area (Å²) in [5, 5.41) is 12.6. The largest absolute Gasteiger partial charge is 0.507 e. The Kier molecular flexibility index (Phi) is 4.47. The number of fused-ring (bicyclic) bond motifs is 1. The van der Waals surface area contributed by atoms with Crippen molar-refractivity contribution in [2.24, 2.45) is 0 Å². The van der Waals surface area contributed by atoms with E-state index >= 15 is 0 Å². The Morgan fingerprint density at radius 3 is 2.76 bits per heavy atom. The molecule has 0 aliphatic carbocycles. The zero-order valence-electron chi connectivity index (χ0n) is 13.7. The SMILES string of the molecule is Cc1cccc(C(=O)O[C@H](C)C(=O)Nc2ccc3c(c2)OCO3)c1O. The Morgan fingerprint density at radius 2 is 1.96 bits per heavy atom. The highest BCUT2D eigenvalue weighted by atomic mass is 16.7. The Bertz CT molecular complexity index is 832. The normalized spacial score (nSPS) is 13.2. The second-order valence-electron chi connectivity index (χ2n) is 5.58. The smallest absolute Gasteiger partial charge is 0.342 e. The topological polar surface area (TPSA) is 94.1 Å². The molecule has 0 saturated carbocycles. The molecule has 1 heterocycles. The number of anilines is 1. The van der Waals surface area contributed by atoms with Crippen LogP contribution in [0.3, 0.4) is 0 Å². The van der Waals surface area contributed by atoms with Crippen LogP contribution in [-0.4, -0.2) is 29.9 Å². The first-order valence-corrected chi connectivity index (χ1v) is 7.66. The number of hydrogen-bond acceptors (Lipinski definition) is 6. The molecule has 1 amide bonds. The van der Waals surface area contributed by atoms with Gasteiger partial charge in [-0.25, -0.2) is 4.79 Å². The summed E-state index contributed by atoms with van der Waals surface area (Å²) in [5.41, 5.74) is 1.06. The number of nitrogens with one attached hydrogen (secondary N) is 1. The number of carbonyl (C=O) groups is 2. The minimum Gasteiger partial charge on any atom is -0.507 e. The number of para-hydroxylation sites is 1. The molecule has 0 saturated heterocycles. The molecule has 0 aromatic heterocycles. The highest BCUT2D eigenvalue weighted by Gasteiger charge is 2.22. The van der Waals surface area contributed by atoms with E-state index < -0.39 is 18.0 Å². The van der Waals surface area contributed by atoms with Crippen LogP contribution in [0.5, 0.6) is 17.2 Å². The Balaban J connectivity index is 1.64. The number of ether oxygens (including phenoxy) is 3. The van der Waals surface area contributed by atoms with Crippen molar-refractivity contribution >= 4 is 17.6 Å². The summed E-state index contributed by atoms with van der Waals surface area (Å²) >= 11 is 0. The van der Waals surface area contributed by atoms with Gasteiger partial charge in [0.1, 0.15) is 11.3 Å². The first-order valence-electron chi connectivity index (χ1n) is 7.66. The second kappa shape index (κ2) is 6.72. The van der Waals surface area contributed by atoms with E-state index in [9.17, 15) is 14.7 Å². The van der Waals surface area contributed by atoms with Gasteiger partial charge in [-0.05, 0) is 37.6 Å². The Hall–Kier alpha value is -3.22. The van der Waals surface area contributed by atoms with E-state index in [0.29, 0.717) is 22.7 Å². The van der Waals surface area contributed by atoms with Crippen LogP contribution in [0.2, 0.25) is 0 Å². The maximum absolute atomic E-state index is 12.2. The minimum absolute atomic E-state index is 0.0164. The molecule has 1 aliphatic rings. The van der Waals surface area contributed by atoms with Crippen LogP contribution in [0.1, 0.15) is 22.8 Å². The van der Waals surface area contributed by atoms with Gasteiger partial charge in [0.25, 0.3) is 5.91 Å². The lowest BCUT2D eigenvalue weighted by molar-refractivity contribution is -0.123. The van der Waals surface area contributed by atoms with Crippen molar-refractivity contribution in [1.82, 2.24) is 0 Å². The van der Waals surface area contributed by atoms with E-state index in [1.54, 1.807) is 37.3 Å². The van der Waals surface area contributed by atoms with Crippen molar-refractivity contribution in [3.05, 3.63) is 47.5 Å². The number of hydrogen-bond donors (Lipinski definition) is 2. The Morgan fingerprint density at radius 1 is 1.20 bits per heavy atom. The molecule has 25 heavy (non-hydrogen) atoms. The van der Waals surface area contributed by atoms with E-state index in [-0.39, 0.29) is 18.1 Å². The number of phenolic OH excluding ortho intramolecular Hbond substituents is 1. The summed E-state index contributed by atoms with van der Waals surface area (Å²) in [4.78, 5) is 24.3. The zero-order chi connectivity index (χ0) is 18.0. The molecule has 7 heteroatoms. The van der Waals surface area contributed by atoms with Crippen LogP contribution in [0.15, 0.2) is 36.4 Å². The molecule has 0 radical (unpaired) electrons. The number of aryl methyl sites for hydroxylation is 1. The molecule has 0 fully saturated rings. The zero-order valence-corrected chi connectivity index (χ0v) is 13.7. The average molecular weight is 343 g/mol. The first-order chi connectivity index (χ1) is 12.0. The number of esters is 1. The molecule has 7 nitrogen and oxygen atoms in total. The average Bonchev–Trinajstić information content (AvgIpc) is 3.04. The first kappa shape index (κ1) is 16.6. The standard InChI is InChI=1S/C18H17NO6/c1-10-4-3-5-13(16(10)20)18(22)25-11(2)17(21)19-12-6-7-14-15(8-12)24-9-23-14/h3-8,11,20H,9H2,1-2H3,(H,19,21)/t11-/m1/s1. The van der Waals surface area contributed by atoms with Crippen molar-refractivity contribution in [2.45, 2.75) is 20.0 Å². The molecular weight excluding hydrogens is 326 g/mol. The van der Waals surface area contributed by atoms with Crippen molar-refractivity contribution in [1.29, 1.82) is 0 Å². The number of amides is 1. The molecule has 1 aliphatic heterocycles. The third-order valence-corrected chi connectivity index (χ3v) is 3.75. The van der Waals surface area contributed by atoms with Gasteiger partial charge in [0, 0.05) is 11.8 Å². The van der Waals surface area contributed by atoms with Gasteiger partial charge >= 0.3 is 5.97 Å². The number of aromatic hydroxyl groups is 1. The summed E-state index contributed by atoms with van der Waals surface area (Å²) in [6.07, 6.45) is -1.04. The molecular formula is C18H17NO6. The summed E-state index contributed by atoms with van der Waals surface area (Å²) in [7, 11) is 0. The van der Waals surface area contributed by atoms with Gasteiger partial charge in [-0.3, -0.25) is 4.79 Å². The van der Waals surface area contributed by atoms with Gasteiger partial charge in [-0.15, -0.1) is 0 Å². The van der Waals surface area contributed by atoms with E-state index in [1.165, 1.54) is 13.0 Å². The minimum atomic E-state index is -1.04. The van der Waals surface area contributed by atoms with Gasteiger partial charge in [-0.1, -0.05) is 12.1 Å². The molecule has 0 unspecified atom stereocenters. The second-order valence-corrected chi connectivity index (χ2v) is 5.58. The Labute approximate surface area is 144 Å². The molecule has 3 rings (SSSR count). The maximum Gasteiger partial charge on any atom is 0.342 e. The summed E-state index contributed by atoms with van der Waals surface area (Å²) < 4.78 is 15.6. The number of rotatable bonds is 4. The summed E-state index contributed by atoms with van der Waals surface area (Å²) in [6, 6.07) is 9.70. The van der Waals surface area contributed by atoms with Crippen molar-refractivity contribution in [2.75, 3.05) is 12.1 Å². The van der Waals surface area contributed by atoms with E-state index in [4.69, 9.17) is 14.2 Å². The third kappa shape index (κ3) is 3.50. The van der Waals surface area contributed by atoms with Crippen LogP contribution in [-0.2, 0) is 9.53 Å². The molecule has 2 N–H and O–H groups in total. The number of phenols is 1. The van der Waals surface area contributed by atoms with E-state index in [0.717, 1.165) is 0 Å². The van der Waals surface area contributed by atoms with Crippen molar-refractivity contribution in [3.63, 3.8) is 0 Å². The van der Waals surface area contributed by atoms with Gasteiger partial charge in [0.05, 0.1) is 0 Å². The van der Waals surface area contributed by atoms with Crippen LogP contribution >= 0.6 is 0 Å². The predicted molar refractivity (Wildman–Crippen MR) is 88.9 cm³/mol. The third-order valence-electron chi connectivity index (χ3n) is 3.75. The van der Waals surface area contributed by atoms with Crippen LogP contribution in [0, 0.1) is 6.92 Å². The molecule has 2 aromatic carbocycles. The van der Waals surface area contributed by atoms with E-state index in [1.807, 2.05) is 0 Å². The molecule has 0 spiro atoms. The number of benzene rings is 2. The fraction of sp³-hybridized carbons (Fsp3) is 0.222. The van der Waals surface area contributed by atoms with Crippen molar-refractivity contribution < 1.29 is 28.9 Å². The quantitative estimate of drug-likeness (QED) is 0.829. The molecule has 130 valence electrons. The monoisotopic (exact) mass is 343 g/mol. The summed E-state index contributed by atoms with van der Waals surface area (Å²) in [5.74, 6) is -0.288. The fourth-order valence-corrected chi connectivity index (χ4v) is 2.32. The molecule has 1 atom stereocenters. The highest BCUT2D eigenvalue weighted by Crippen LogP contribution is 2.34. The van der Waals surface area contributed by atoms with E-state index in [2.05, 4.69) is 5.32 Å². The fourth-order valence-electron chi connectivity index (χ4n) is 2.32. The van der Waals surface area contributed by atoms with Gasteiger partial charge < -0.3 is 24.6 Å². The lowest BCUT2D eigenvalue weighted by Crippen LogP contribution is -2.30. The van der Waals surface area contributed by atoms with Crippen LogP contribution in [0.4, 0.5) is 5.69 Å². The summed E-state index contributed by atoms with van der Waals surface area (Å²) in [6.45, 7) is 3.26. The lowest BCUT2D eigenvalue weighted by Gasteiger charge is -2.14. The number of carbonyl (C=O) groups excluding carboxylic acids is 2. The van der Waals surface area contributed by atoms with Gasteiger partial charge in [-0.2, -0.15) is 0 Å². The maximum atomic E-state index is 12.2.